The van der Waals surface area contributed by atoms with E-state index in [1.54, 1.807) is 0 Å². The van der Waals surface area contributed by atoms with Crippen molar-refractivity contribution in [3.05, 3.63) is 0 Å². The second kappa shape index (κ2) is 8.51. The van der Waals surface area contributed by atoms with Crippen LogP contribution in [0.2, 0.25) is 0 Å². The highest BCUT2D eigenvalue weighted by Crippen LogP contribution is 2.14. The maximum Gasteiger partial charge on any atom is 0.223 e. The lowest BCUT2D eigenvalue weighted by Gasteiger charge is -2.23. The van der Waals surface area contributed by atoms with Gasteiger partial charge in [0.2, 0.25) is 5.91 Å². The van der Waals surface area contributed by atoms with Crippen molar-refractivity contribution in [2.45, 2.75) is 52.4 Å². The largest absolute Gasteiger partial charge is 0.356 e. The van der Waals surface area contributed by atoms with Crippen LogP contribution in [0.15, 0.2) is 0 Å². The minimum absolute atomic E-state index is 0.250. The monoisotopic (exact) mass is 240 g/mol. The summed E-state index contributed by atoms with van der Waals surface area (Å²) in [4.78, 5) is 12.0. The van der Waals surface area contributed by atoms with Crippen molar-refractivity contribution >= 4 is 5.91 Å². The molecule has 0 aromatic heterocycles. The Kier molecular flexibility index (Phi) is 7.25. The first-order chi connectivity index (χ1) is 8.27. The summed E-state index contributed by atoms with van der Waals surface area (Å²) < 4.78 is 0. The SMILES string of the molecule is CCCCC(CC)CNC(=O)C1CCNCC1. The van der Waals surface area contributed by atoms with E-state index in [9.17, 15) is 4.79 Å². The summed E-state index contributed by atoms with van der Waals surface area (Å²) >= 11 is 0. The predicted molar refractivity (Wildman–Crippen MR) is 71.9 cm³/mol. The van der Waals surface area contributed by atoms with Crippen molar-refractivity contribution in [1.82, 2.24) is 10.6 Å². The average molecular weight is 240 g/mol. The number of unbranched alkanes of at least 4 members (excludes halogenated alkanes) is 1. The van der Waals surface area contributed by atoms with Gasteiger partial charge in [0.05, 0.1) is 0 Å². The van der Waals surface area contributed by atoms with Gasteiger partial charge in [-0.2, -0.15) is 0 Å². The van der Waals surface area contributed by atoms with E-state index in [0.717, 1.165) is 32.5 Å². The summed E-state index contributed by atoms with van der Waals surface area (Å²) in [5.74, 6) is 1.20. The summed E-state index contributed by atoms with van der Waals surface area (Å²) in [6, 6.07) is 0. The highest BCUT2D eigenvalue weighted by molar-refractivity contribution is 5.78. The molecule has 1 aliphatic heterocycles. The van der Waals surface area contributed by atoms with Gasteiger partial charge in [-0.3, -0.25) is 4.79 Å². The topological polar surface area (TPSA) is 41.1 Å². The maximum atomic E-state index is 12.0. The summed E-state index contributed by atoms with van der Waals surface area (Å²) in [5, 5.41) is 6.44. The zero-order chi connectivity index (χ0) is 12.5. The first-order valence-electron chi connectivity index (χ1n) is 7.26. The van der Waals surface area contributed by atoms with Gasteiger partial charge in [0.1, 0.15) is 0 Å². The van der Waals surface area contributed by atoms with Gasteiger partial charge in [-0.25, -0.2) is 0 Å². The molecular weight excluding hydrogens is 212 g/mol. The Balaban J connectivity index is 2.20. The standard InChI is InChI=1S/C14H28N2O/c1-3-5-6-12(4-2)11-16-14(17)13-7-9-15-10-8-13/h12-13,15H,3-11H2,1-2H3,(H,16,17). The molecule has 0 aromatic rings. The van der Waals surface area contributed by atoms with Crippen LogP contribution < -0.4 is 10.6 Å². The number of hydrogen-bond acceptors (Lipinski definition) is 2. The quantitative estimate of drug-likeness (QED) is 0.717. The van der Waals surface area contributed by atoms with Gasteiger partial charge < -0.3 is 10.6 Å². The minimum Gasteiger partial charge on any atom is -0.356 e. The molecule has 0 aliphatic carbocycles. The molecule has 0 bridgehead atoms. The third-order valence-corrected chi connectivity index (χ3v) is 3.82. The van der Waals surface area contributed by atoms with Crippen LogP contribution in [0.5, 0.6) is 0 Å². The maximum absolute atomic E-state index is 12.0. The number of piperidine rings is 1. The molecule has 0 radical (unpaired) electrons. The van der Waals surface area contributed by atoms with Crippen LogP contribution in [0.25, 0.3) is 0 Å². The van der Waals surface area contributed by atoms with E-state index >= 15 is 0 Å². The molecule has 3 heteroatoms. The van der Waals surface area contributed by atoms with E-state index in [2.05, 4.69) is 24.5 Å². The van der Waals surface area contributed by atoms with Gasteiger partial charge in [0.15, 0.2) is 0 Å². The lowest BCUT2D eigenvalue weighted by Crippen LogP contribution is -2.39. The zero-order valence-electron chi connectivity index (χ0n) is 11.4. The van der Waals surface area contributed by atoms with Crippen molar-refractivity contribution in [3.8, 4) is 0 Å². The van der Waals surface area contributed by atoms with E-state index in [-0.39, 0.29) is 11.8 Å². The molecule has 3 nitrogen and oxygen atoms in total. The number of nitrogens with one attached hydrogen (secondary N) is 2. The Labute approximate surface area is 106 Å². The lowest BCUT2D eigenvalue weighted by molar-refractivity contribution is -0.125. The first kappa shape index (κ1) is 14.5. The molecule has 1 aliphatic rings. The number of carbonyl (C=O) groups is 1. The minimum atomic E-state index is 0.250. The molecule has 1 fully saturated rings. The molecule has 17 heavy (non-hydrogen) atoms. The van der Waals surface area contributed by atoms with Crippen LogP contribution in [0.3, 0.4) is 0 Å². The number of carbonyl (C=O) groups excluding carboxylic acids is 1. The predicted octanol–water partition coefficient (Wildman–Crippen LogP) is 2.32. The van der Waals surface area contributed by atoms with Crippen LogP contribution in [0, 0.1) is 11.8 Å². The Morgan fingerprint density at radius 1 is 1.35 bits per heavy atom. The van der Waals surface area contributed by atoms with Gasteiger partial charge >= 0.3 is 0 Å². The molecular formula is C14H28N2O. The zero-order valence-corrected chi connectivity index (χ0v) is 11.4. The molecule has 0 spiro atoms. The van der Waals surface area contributed by atoms with Gasteiger partial charge in [-0.15, -0.1) is 0 Å². The Morgan fingerprint density at radius 2 is 2.06 bits per heavy atom. The van der Waals surface area contributed by atoms with Crippen molar-refractivity contribution in [1.29, 1.82) is 0 Å². The van der Waals surface area contributed by atoms with Crippen LogP contribution in [0.1, 0.15) is 52.4 Å². The highest BCUT2D eigenvalue weighted by atomic mass is 16.1. The fourth-order valence-corrected chi connectivity index (χ4v) is 2.42. The van der Waals surface area contributed by atoms with Crippen molar-refractivity contribution in [2.24, 2.45) is 11.8 Å². The Hall–Kier alpha value is -0.570. The Morgan fingerprint density at radius 3 is 2.65 bits per heavy atom. The first-order valence-corrected chi connectivity index (χ1v) is 7.26. The van der Waals surface area contributed by atoms with Gasteiger partial charge in [-0.1, -0.05) is 33.1 Å². The summed E-state index contributed by atoms with van der Waals surface area (Å²) in [6.07, 6.45) is 6.95. The Bertz CT molecular complexity index is 212. The van der Waals surface area contributed by atoms with Gasteiger partial charge in [-0.05, 0) is 38.3 Å². The molecule has 2 N–H and O–H groups in total. The highest BCUT2D eigenvalue weighted by Gasteiger charge is 2.21. The third-order valence-electron chi connectivity index (χ3n) is 3.82. The second-order valence-corrected chi connectivity index (χ2v) is 5.19. The molecule has 1 amide bonds. The normalized spacial score (nSPS) is 18.9. The molecule has 1 heterocycles. The van der Waals surface area contributed by atoms with E-state index < -0.39 is 0 Å². The molecule has 0 aromatic carbocycles. The van der Waals surface area contributed by atoms with E-state index in [4.69, 9.17) is 0 Å². The average Bonchev–Trinajstić information content (AvgIpc) is 2.39. The van der Waals surface area contributed by atoms with Crippen LogP contribution in [-0.4, -0.2) is 25.5 Å². The fraction of sp³-hybridized carbons (Fsp3) is 0.929. The van der Waals surface area contributed by atoms with Gasteiger partial charge in [0, 0.05) is 12.5 Å². The van der Waals surface area contributed by atoms with Crippen LogP contribution in [-0.2, 0) is 4.79 Å². The summed E-state index contributed by atoms with van der Waals surface area (Å²) in [5.41, 5.74) is 0. The summed E-state index contributed by atoms with van der Waals surface area (Å²) in [7, 11) is 0. The molecule has 1 atom stereocenters. The smallest absolute Gasteiger partial charge is 0.223 e. The number of hydrogen-bond donors (Lipinski definition) is 2. The molecule has 100 valence electrons. The van der Waals surface area contributed by atoms with E-state index in [1.807, 2.05) is 0 Å². The molecule has 0 saturated carbocycles. The second-order valence-electron chi connectivity index (χ2n) is 5.19. The van der Waals surface area contributed by atoms with Crippen molar-refractivity contribution in [3.63, 3.8) is 0 Å². The van der Waals surface area contributed by atoms with Crippen LogP contribution in [0.4, 0.5) is 0 Å². The number of rotatable bonds is 7. The lowest BCUT2D eigenvalue weighted by atomic mass is 9.96. The van der Waals surface area contributed by atoms with E-state index in [1.165, 1.54) is 25.7 Å². The summed E-state index contributed by atoms with van der Waals surface area (Å²) in [6.45, 7) is 7.30. The fourth-order valence-electron chi connectivity index (χ4n) is 2.42. The molecule has 1 unspecified atom stereocenters. The molecule has 1 rings (SSSR count). The van der Waals surface area contributed by atoms with Gasteiger partial charge in [0.25, 0.3) is 0 Å². The van der Waals surface area contributed by atoms with Crippen molar-refractivity contribution < 1.29 is 4.79 Å². The molecule has 1 saturated heterocycles. The third kappa shape index (κ3) is 5.53. The number of amides is 1. The van der Waals surface area contributed by atoms with E-state index in [0.29, 0.717) is 5.92 Å². The van der Waals surface area contributed by atoms with Crippen LogP contribution >= 0.6 is 0 Å². The van der Waals surface area contributed by atoms with Crippen molar-refractivity contribution in [2.75, 3.05) is 19.6 Å².